The van der Waals surface area contributed by atoms with Crippen LogP contribution in [0.15, 0.2) is 67.0 Å². The molecule has 132 valence electrons. The molecular formula is C22H19N5. The van der Waals surface area contributed by atoms with E-state index in [9.17, 15) is 5.26 Å². The second-order valence-corrected chi connectivity index (χ2v) is 6.33. The lowest BCUT2D eigenvalue weighted by atomic mass is 10.00. The van der Waals surface area contributed by atoms with Gasteiger partial charge in [0.2, 0.25) is 0 Å². The largest absolute Gasteiger partial charge is 0.329 e. The number of hydrogen-bond acceptors (Lipinski definition) is 4. The normalized spacial score (nSPS) is 10.7. The molecule has 4 aromatic rings. The second-order valence-electron chi connectivity index (χ2n) is 6.33. The van der Waals surface area contributed by atoms with Gasteiger partial charge in [-0.1, -0.05) is 37.3 Å². The van der Waals surface area contributed by atoms with Crippen LogP contribution >= 0.6 is 0 Å². The Kier molecular flexibility index (Phi) is 4.31. The predicted molar refractivity (Wildman–Crippen MR) is 107 cm³/mol. The first-order chi connectivity index (χ1) is 13.2. The van der Waals surface area contributed by atoms with Crippen molar-refractivity contribution in [2.45, 2.75) is 13.3 Å². The van der Waals surface area contributed by atoms with Crippen LogP contribution in [0.1, 0.15) is 18.1 Å². The minimum Gasteiger partial charge on any atom is -0.329 e. The van der Waals surface area contributed by atoms with Gasteiger partial charge in [-0.2, -0.15) is 14.9 Å². The standard InChI is InChI=1S/C22H19N5/c1-3-16-15-24-21-12-13-25-27(21)22(16)26(2)19-10-8-17(9-11-19)20-7-5-4-6-18(20)14-23/h4-13,15H,3H2,1-2H3. The molecule has 0 aliphatic heterocycles. The molecule has 2 heterocycles. The van der Waals surface area contributed by atoms with Crippen molar-refractivity contribution in [3.05, 3.63) is 78.1 Å². The number of nitriles is 1. The minimum absolute atomic E-state index is 0.680. The van der Waals surface area contributed by atoms with Gasteiger partial charge in [0, 0.05) is 30.6 Å². The SMILES string of the molecule is CCc1cnc2ccnn2c1N(C)c1ccc(-c2ccccc2C#N)cc1. The van der Waals surface area contributed by atoms with Crippen LogP contribution in [-0.2, 0) is 6.42 Å². The number of benzene rings is 2. The van der Waals surface area contributed by atoms with Gasteiger partial charge in [0.1, 0.15) is 5.82 Å². The highest BCUT2D eigenvalue weighted by atomic mass is 15.3. The predicted octanol–water partition coefficient (Wildman–Crippen LogP) is 4.60. The Balaban J connectivity index is 1.75. The molecule has 0 amide bonds. The lowest BCUT2D eigenvalue weighted by Gasteiger charge is -2.23. The van der Waals surface area contributed by atoms with Crippen LogP contribution in [0.3, 0.4) is 0 Å². The van der Waals surface area contributed by atoms with Crippen molar-refractivity contribution in [2.75, 3.05) is 11.9 Å². The molecule has 0 bridgehead atoms. The van der Waals surface area contributed by atoms with E-state index in [-0.39, 0.29) is 0 Å². The van der Waals surface area contributed by atoms with Crippen molar-refractivity contribution in [1.29, 1.82) is 5.26 Å². The summed E-state index contributed by atoms with van der Waals surface area (Å²) in [6, 6.07) is 20.1. The summed E-state index contributed by atoms with van der Waals surface area (Å²) in [5.41, 5.74) is 5.66. The number of nitrogens with zero attached hydrogens (tertiary/aromatic N) is 5. The molecular weight excluding hydrogens is 334 g/mol. The molecule has 2 aromatic heterocycles. The lowest BCUT2D eigenvalue weighted by Crippen LogP contribution is -2.16. The van der Waals surface area contributed by atoms with Gasteiger partial charge in [0.15, 0.2) is 5.65 Å². The molecule has 0 unspecified atom stereocenters. The van der Waals surface area contributed by atoms with Crippen molar-refractivity contribution in [3.8, 4) is 17.2 Å². The van der Waals surface area contributed by atoms with Gasteiger partial charge in [-0.25, -0.2) is 4.98 Å². The molecule has 0 saturated carbocycles. The highest BCUT2D eigenvalue weighted by Gasteiger charge is 2.15. The van der Waals surface area contributed by atoms with Gasteiger partial charge in [-0.15, -0.1) is 0 Å². The Morgan fingerprint density at radius 3 is 2.59 bits per heavy atom. The zero-order valence-corrected chi connectivity index (χ0v) is 15.3. The van der Waals surface area contributed by atoms with Gasteiger partial charge < -0.3 is 4.90 Å². The Hall–Kier alpha value is -3.65. The fraction of sp³-hybridized carbons (Fsp3) is 0.136. The summed E-state index contributed by atoms with van der Waals surface area (Å²) in [7, 11) is 2.04. The van der Waals surface area contributed by atoms with Crippen LogP contribution in [0.5, 0.6) is 0 Å². The quantitative estimate of drug-likeness (QED) is 0.538. The molecule has 0 fully saturated rings. The van der Waals surface area contributed by atoms with Gasteiger partial charge in [0.05, 0.1) is 17.8 Å². The van der Waals surface area contributed by atoms with E-state index in [1.165, 1.54) is 0 Å². The van der Waals surface area contributed by atoms with Gasteiger partial charge in [-0.05, 0) is 35.7 Å². The van der Waals surface area contributed by atoms with Crippen LogP contribution in [0.2, 0.25) is 0 Å². The van der Waals surface area contributed by atoms with E-state index in [4.69, 9.17) is 0 Å². The maximum absolute atomic E-state index is 9.34. The number of anilines is 2. The molecule has 2 aromatic carbocycles. The molecule has 5 nitrogen and oxygen atoms in total. The number of aryl methyl sites for hydroxylation is 1. The molecule has 0 aliphatic carbocycles. The van der Waals surface area contributed by atoms with Crippen LogP contribution in [-0.4, -0.2) is 21.6 Å². The topological polar surface area (TPSA) is 57.2 Å². The molecule has 27 heavy (non-hydrogen) atoms. The number of fused-ring (bicyclic) bond motifs is 1. The first-order valence-electron chi connectivity index (χ1n) is 8.88. The second kappa shape index (κ2) is 6.93. The molecule has 4 rings (SSSR count). The van der Waals surface area contributed by atoms with Crippen molar-refractivity contribution >= 4 is 17.2 Å². The van der Waals surface area contributed by atoms with Crippen LogP contribution in [0.4, 0.5) is 11.5 Å². The van der Waals surface area contributed by atoms with Crippen LogP contribution < -0.4 is 4.90 Å². The molecule has 0 radical (unpaired) electrons. The third-order valence-electron chi connectivity index (χ3n) is 4.77. The Labute approximate surface area is 158 Å². The molecule has 0 spiro atoms. The zero-order chi connectivity index (χ0) is 18.8. The van der Waals surface area contributed by atoms with E-state index >= 15 is 0 Å². The smallest absolute Gasteiger partial charge is 0.157 e. The van der Waals surface area contributed by atoms with Crippen LogP contribution in [0.25, 0.3) is 16.8 Å². The van der Waals surface area contributed by atoms with Crippen LogP contribution in [0, 0.1) is 11.3 Å². The van der Waals surface area contributed by atoms with E-state index in [1.807, 2.05) is 48.1 Å². The number of hydrogen-bond donors (Lipinski definition) is 0. The fourth-order valence-electron chi connectivity index (χ4n) is 3.32. The summed E-state index contributed by atoms with van der Waals surface area (Å²) in [5, 5.41) is 13.8. The molecule has 0 atom stereocenters. The molecule has 5 heteroatoms. The van der Waals surface area contributed by atoms with E-state index < -0.39 is 0 Å². The molecule has 0 N–H and O–H groups in total. The maximum atomic E-state index is 9.34. The maximum Gasteiger partial charge on any atom is 0.157 e. The van der Waals surface area contributed by atoms with Gasteiger partial charge in [-0.3, -0.25) is 0 Å². The zero-order valence-electron chi connectivity index (χ0n) is 15.3. The summed E-state index contributed by atoms with van der Waals surface area (Å²) in [6.45, 7) is 2.12. The monoisotopic (exact) mass is 353 g/mol. The Morgan fingerprint density at radius 1 is 1.07 bits per heavy atom. The van der Waals surface area contributed by atoms with Crippen molar-refractivity contribution in [3.63, 3.8) is 0 Å². The summed E-state index contributed by atoms with van der Waals surface area (Å²) < 4.78 is 1.87. The van der Waals surface area contributed by atoms with Crippen molar-refractivity contribution in [2.24, 2.45) is 0 Å². The summed E-state index contributed by atoms with van der Waals surface area (Å²) in [4.78, 5) is 6.59. The van der Waals surface area contributed by atoms with Crippen molar-refractivity contribution < 1.29 is 0 Å². The third-order valence-corrected chi connectivity index (χ3v) is 4.77. The van der Waals surface area contributed by atoms with Gasteiger partial charge in [0.25, 0.3) is 0 Å². The summed E-state index contributed by atoms with van der Waals surface area (Å²) >= 11 is 0. The van der Waals surface area contributed by atoms with E-state index in [1.54, 1.807) is 6.20 Å². The average Bonchev–Trinajstić information content (AvgIpc) is 3.21. The average molecular weight is 353 g/mol. The summed E-state index contributed by atoms with van der Waals surface area (Å²) in [5.74, 6) is 1.01. The highest BCUT2D eigenvalue weighted by molar-refractivity contribution is 5.73. The van der Waals surface area contributed by atoms with E-state index in [0.717, 1.165) is 40.3 Å². The number of aromatic nitrogens is 3. The van der Waals surface area contributed by atoms with Gasteiger partial charge >= 0.3 is 0 Å². The van der Waals surface area contributed by atoms with E-state index in [0.29, 0.717) is 5.56 Å². The first-order valence-corrected chi connectivity index (χ1v) is 8.88. The van der Waals surface area contributed by atoms with Crippen molar-refractivity contribution in [1.82, 2.24) is 14.6 Å². The lowest BCUT2D eigenvalue weighted by molar-refractivity contribution is 0.885. The van der Waals surface area contributed by atoms with E-state index in [2.05, 4.69) is 52.2 Å². The number of rotatable bonds is 4. The summed E-state index contributed by atoms with van der Waals surface area (Å²) in [6.07, 6.45) is 4.55. The highest BCUT2D eigenvalue weighted by Crippen LogP contribution is 2.30. The minimum atomic E-state index is 0.680. The first kappa shape index (κ1) is 16.8. The Morgan fingerprint density at radius 2 is 1.85 bits per heavy atom. The fourth-order valence-corrected chi connectivity index (χ4v) is 3.32. The third kappa shape index (κ3) is 2.91. The Bertz CT molecular complexity index is 1140. The molecule has 0 saturated heterocycles. The molecule has 0 aliphatic rings.